The first-order valence-corrected chi connectivity index (χ1v) is 5.92. The first-order valence-electron chi connectivity index (χ1n) is 5.92. The molecule has 0 N–H and O–H groups in total. The highest BCUT2D eigenvalue weighted by atomic mass is 16.7. The first kappa shape index (κ1) is 13.8. The van der Waals surface area contributed by atoms with Crippen LogP contribution in [0.5, 0.6) is 0 Å². The van der Waals surface area contributed by atoms with E-state index in [9.17, 15) is 14.9 Å². The molecule has 0 fully saturated rings. The Morgan fingerprint density at radius 1 is 1.20 bits per heavy atom. The summed E-state index contributed by atoms with van der Waals surface area (Å²) in [5.41, 5.74) is 0.417. The summed E-state index contributed by atoms with van der Waals surface area (Å²) in [4.78, 5) is 21.8. The molecule has 104 valence electrons. The smallest absolute Gasteiger partial charge is 0.337 e. The van der Waals surface area contributed by atoms with Crippen molar-refractivity contribution in [3.63, 3.8) is 0 Å². The molecule has 2 rings (SSSR count). The number of carbonyl (C=O) groups is 1. The van der Waals surface area contributed by atoms with Crippen molar-refractivity contribution < 1.29 is 19.2 Å². The van der Waals surface area contributed by atoms with E-state index >= 15 is 0 Å². The van der Waals surface area contributed by atoms with Gasteiger partial charge in [-0.2, -0.15) is 0 Å². The molecule has 0 bridgehead atoms. The lowest BCUT2D eigenvalue weighted by molar-refractivity contribution is -0.385. The second-order valence-corrected chi connectivity index (χ2v) is 4.62. The van der Waals surface area contributed by atoms with Crippen LogP contribution in [0.1, 0.15) is 19.4 Å². The molecule has 6 heteroatoms. The molecule has 1 aliphatic heterocycles. The summed E-state index contributed by atoms with van der Waals surface area (Å²) in [5.74, 6) is -1.26. The van der Waals surface area contributed by atoms with E-state index in [0.29, 0.717) is 11.3 Å². The van der Waals surface area contributed by atoms with Gasteiger partial charge in [-0.05, 0) is 18.2 Å². The number of nitrogens with zero attached hydrogens (tertiary/aromatic N) is 1. The van der Waals surface area contributed by atoms with Gasteiger partial charge in [-0.15, -0.1) is 0 Å². The highest BCUT2D eigenvalue weighted by Crippen LogP contribution is 2.24. The third-order valence-corrected chi connectivity index (χ3v) is 2.53. The van der Waals surface area contributed by atoms with Crippen LogP contribution in [0.2, 0.25) is 0 Å². The summed E-state index contributed by atoms with van der Waals surface area (Å²) >= 11 is 0. The van der Waals surface area contributed by atoms with Crippen molar-refractivity contribution in [2.24, 2.45) is 0 Å². The number of hydrogen-bond donors (Lipinski definition) is 0. The normalized spacial score (nSPS) is 17.3. The maximum Gasteiger partial charge on any atom is 0.337 e. The molecular weight excluding hydrogens is 262 g/mol. The molecule has 0 saturated carbocycles. The molecule has 0 aliphatic carbocycles. The van der Waals surface area contributed by atoms with Crippen molar-refractivity contribution in [3.8, 4) is 0 Å². The Hall–Kier alpha value is -2.63. The van der Waals surface area contributed by atoms with Crippen LogP contribution in [0.15, 0.2) is 42.2 Å². The van der Waals surface area contributed by atoms with E-state index in [2.05, 4.69) is 0 Å². The van der Waals surface area contributed by atoms with Gasteiger partial charge >= 0.3 is 5.97 Å². The zero-order valence-corrected chi connectivity index (χ0v) is 11.0. The number of cyclic esters (lactones) is 1. The number of esters is 1. The predicted octanol–water partition coefficient (Wildman–Crippen LogP) is 2.80. The third-order valence-electron chi connectivity index (χ3n) is 2.53. The fourth-order valence-electron chi connectivity index (χ4n) is 1.77. The van der Waals surface area contributed by atoms with Crippen LogP contribution in [0.3, 0.4) is 0 Å². The Morgan fingerprint density at radius 2 is 1.90 bits per heavy atom. The zero-order valence-electron chi connectivity index (χ0n) is 11.0. The van der Waals surface area contributed by atoms with E-state index in [1.54, 1.807) is 32.0 Å². The second-order valence-electron chi connectivity index (χ2n) is 4.62. The van der Waals surface area contributed by atoms with Crippen molar-refractivity contribution in [1.82, 2.24) is 0 Å². The van der Waals surface area contributed by atoms with Gasteiger partial charge in [-0.3, -0.25) is 10.1 Å². The van der Waals surface area contributed by atoms with Crippen molar-refractivity contribution in [1.29, 1.82) is 0 Å². The molecule has 1 aromatic rings. The average molecular weight is 275 g/mol. The van der Waals surface area contributed by atoms with Crippen LogP contribution < -0.4 is 0 Å². The van der Waals surface area contributed by atoms with Gasteiger partial charge in [0.15, 0.2) is 0 Å². The molecular formula is C14H13NO5. The second kappa shape index (κ2) is 5.16. The minimum Gasteiger partial charge on any atom is -0.453 e. The molecule has 1 aromatic carbocycles. The minimum atomic E-state index is -1.05. The fourth-order valence-corrected chi connectivity index (χ4v) is 1.77. The molecule has 0 amide bonds. The van der Waals surface area contributed by atoms with Crippen molar-refractivity contribution in [3.05, 3.63) is 57.9 Å². The molecule has 1 aliphatic rings. The molecule has 0 atom stereocenters. The lowest BCUT2D eigenvalue weighted by Crippen LogP contribution is -2.33. The van der Waals surface area contributed by atoms with Crippen LogP contribution in [0.4, 0.5) is 5.69 Å². The Kier molecular flexibility index (Phi) is 3.56. The van der Waals surface area contributed by atoms with Crippen molar-refractivity contribution in [2.45, 2.75) is 19.6 Å². The van der Waals surface area contributed by atoms with Gasteiger partial charge in [0.2, 0.25) is 5.79 Å². The molecule has 0 saturated heterocycles. The van der Waals surface area contributed by atoms with E-state index in [-0.39, 0.29) is 5.69 Å². The number of para-hydroxylation sites is 1. The molecule has 0 aromatic heterocycles. The van der Waals surface area contributed by atoms with Gasteiger partial charge in [-0.1, -0.05) is 12.1 Å². The molecule has 0 unspecified atom stereocenters. The lowest BCUT2D eigenvalue weighted by Gasteiger charge is -2.29. The monoisotopic (exact) mass is 275 g/mol. The van der Waals surface area contributed by atoms with Gasteiger partial charge in [0, 0.05) is 19.9 Å². The average Bonchev–Trinajstić information content (AvgIpc) is 2.34. The van der Waals surface area contributed by atoms with E-state index in [4.69, 9.17) is 9.47 Å². The Labute approximate surface area is 115 Å². The highest BCUT2D eigenvalue weighted by molar-refractivity contribution is 5.84. The van der Waals surface area contributed by atoms with Crippen LogP contribution in [-0.4, -0.2) is 16.7 Å². The number of rotatable bonds is 3. The summed E-state index contributed by atoms with van der Waals surface area (Å²) in [6.45, 7) is 3.22. The number of hydrogen-bond acceptors (Lipinski definition) is 5. The van der Waals surface area contributed by atoms with Gasteiger partial charge in [-0.25, -0.2) is 4.79 Å². The van der Waals surface area contributed by atoms with Crippen LogP contribution in [-0.2, 0) is 14.3 Å². The largest absolute Gasteiger partial charge is 0.453 e. The Bertz CT molecular complexity index is 616. The number of allylic oxidation sites excluding steroid dienone is 1. The molecule has 1 heterocycles. The number of ether oxygens (including phenoxy) is 2. The topological polar surface area (TPSA) is 78.7 Å². The molecule has 0 radical (unpaired) electrons. The fraction of sp³-hybridized carbons (Fsp3) is 0.214. The van der Waals surface area contributed by atoms with Crippen LogP contribution >= 0.6 is 0 Å². The summed E-state index contributed by atoms with van der Waals surface area (Å²) in [5, 5.41) is 10.9. The van der Waals surface area contributed by atoms with Gasteiger partial charge in [0.25, 0.3) is 5.69 Å². The summed E-state index contributed by atoms with van der Waals surface area (Å²) in [6, 6.07) is 6.31. The van der Waals surface area contributed by atoms with E-state index in [1.807, 2.05) is 0 Å². The lowest BCUT2D eigenvalue weighted by atomic mass is 10.1. The first-order chi connectivity index (χ1) is 9.37. The number of benzene rings is 1. The van der Waals surface area contributed by atoms with E-state index in [0.717, 1.165) is 0 Å². The van der Waals surface area contributed by atoms with Crippen molar-refractivity contribution >= 4 is 17.7 Å². The van der Waals surface area contributed by atoms with Gasteiger partial charge in [0.05, 0.1) is 16.6 Å². The maximum absolute atomic E-state index is 11.4. The predicted molar refractivity (Wildman–Crippen MR) is 71.5 cm³/mol. The van der Waals surface area contributed by atoms with Crippen LogP contribution in [0.25, 0.3) is 6.08 Å². The number of nitro groups is 1. The Morgan fingerprint density at radius 3 is 2.55 bits per heavy atom. The minimum absolute atomic E-state index is 0.0120. The highest BCUT2D eigenvalue weighted by Gasteiger charge is 2.29. The number of nitro benzene ring substituents is 1. The van der Waals surface area contributed by atoms with Gasteiger partial charge in [0.1, 0.15) is 5.76 Å². The molecule has 6 nitrogen and oxygen atoms in total. The SMILES string of the molecule is CC1(C)OC(=O)C=C(/C=C\c2ccccc2[N+](=O)[O-])O1. The maximum atomic E-state index is 11.4. The summed E-state index contributed by atoms with van der Waals surface area (Å²) < 4.78 is 10.4. The van der Waals surface area contributed by atoms with E-state index < -0.39 is 16.7 Å². The zero-order chi connectivity index (χ0) is 14.8. The van der Waals surface area contributed by atoms with Gasteiger partial charge < -0.3 is 9.47 Å². The Balaban J connectivity index is 2.26. The van der Waals surface area contributed by atoms with E-state index in [1.165, 1.54) is 24.3 Å². The summed E-state index contributed by atoms with van der Waals surface area (Å²) in [7, 11) is 0. The van der Waals surface area contributed by atoms with Crippen LogP contribution in [0, 0.1) is 10.1 Å². The third kappa shape index (κ3) is 3.23. The molecule has 20 heavy (non-hydrogen) atoms. The standard InChI is InChI=1S/C14H13NO5/c1-14(2)19-11(9-13(16)20-14)8-7-10-5-3-4-6-12(10)15(17)18/h3-9H,1-2H3/b8-7-. The van der Waals surface area contributed by atoms with Crippen molar-refractivity contribution in [2.75, 3.05) is 0 Å². The number of carbonyl (C=O) groups excluding carboxylic acids is 1. The quantitative estimate of drug-likeness (QED) is 0.481. The molecule has 0 spiro atoms. The summed E-state index contributed by atoms with van der Waals surface area (Å²) in [6.07, 6.45) is 4.22.